The second kappa shape index (κ2) is 5.33. The van der Waals surface area contributed by atoms with E-state index in [0.717, 1.165) is 5.56 Å². The third-order valence-electron chi connectivity index (χ3n) is 3.54. The van der Waals surface area contributed by atoms with Gasteiger partial charge in [-0.2, -0.15) is 0 Å². The maximum absolute atomic E-state index is 13.3. The molecule has 0 spiro atoms. The van der Waals surface area contributed by atoms with E-state index < -0.39 is 39.3 Å². The fourth-order valence-electron chi connectivity index (χ4n) is 2.34. The van der Waals surface area contributed by atoms with Crippen LogP contribution in [0.25, 0.3) is 11.0 Å². The molecule has 10 heteroatoms. The van der Waals surface area contributed by atoms with Gasteiger partial charge >= 0.3 is 6.98 Å². The highest BCUT2D eigenvalue weighted by molar-refractivity contribution is 7.90. The molecule has 126 valence electrons. The first kappa shape index (κ1) is 16.5. The van der Waals surface area contributed by atoms with Crippen molar-refractivity contribution in [3.8, 4) is 0 Å². The van der Waals surface area contributed by atoms with E-state index in [1.807, 2.05) is 0 Å². The molecule has 0 unspecified atom stereocenters. The fraction of sp³-hybridized carbons (Fsp3) is 0.0714. The normalized spacial score (nSPS) is 12.7. The molecule has 3 rings (SSSR count). The lowest BCUT2D eigenvalue weighted by atomic mass is 9.80. The molecule has 24 heavy (non-hydrogen) atoms. The molecule has 2 heterocycles. The molecular formula is C14H10BF4N2O2S-. The molecule has 0 aliphatic heterocycles. The zero-order valence-corrected chi connectivity index (χ0v) is 13.1. The largest absolute Gasteiger partial charge is 0.511 e. The lowest BCUT2D eigenvalue weighted by Crippen LogP contribution is -2.33. The maximum atomic E-state index is 13.3. The molecule has 0 aliphatic rings. The summed E-state index contributed by atoms with van der Waals surface area (Å²) in [7, 11) is -4.29. The highest BCUT2D eigenvalue weighted by Gasteiger charge is 2.32. The molecule has 0 radical (unpaired) electrons. The zero-order chi connectivity index (χ0) is 17.7. The van der Waals surface area contributed by atoms with E-state index in [-0.39, 0.29) is 4.90 Å². The Labute approximate surface area is 134 Å². The minimum atomic E-state index is -5.54. The maximum Gasteiger partial charge on any atom is 0.511 e. The summed E-state index contributed by atoms with van der Waals surface area (Å²) < 4.78 is 78.7. The molecule has 0 atom stereocenters. The van der Waals surface area contributed by atoms with Gasteiger partial charge in [0.2, 0.25) is 0 Å². The molecule has 4 nitrogen and oxygen atoms in total. The summed E-state index contributed by atoms with van der Waals surface area (Å²) in [6.45, 7) is -3.79. The first-order chi connectivity index (χ1) is 11.1. The highest BCUT2D eigenvalue weighted by Crippen LogP contribution is 2.24. The Bertz CT molecular complexity index is 1030. The molecule has 2 aromatic heterocycles. The molecule has 1 aromatic carbocycles. The van der Waals surface area contributed by atoms with Gasteiger partial charge in [-0.05, 0) is 36.7 Å². The van der Waals surface area contributed by atoms with Gasteiger partial charge in [0.05, 0.1) is 11.1 Å². The molecule has 0 saturated carbocycles. The van der Waals surface area contributed by atoms with Crippen molar-refractivity contribution in [2.24, 2.45) is 0 Å². The van der Waals surface area contributed by atoms with E-state index in [2.05, 4.69) is 4.98 Å². The van der Waals surface area contributed by atoms with Crippen LogP contribution in [0.3, 0.4) is 0 Å². The van der Waals surface area contributed by atoms with E-state index in [1.54, 1.807) is 6.92 Å². The number of benzene rings is 1. The summed E-state index contributed by atoms with van der Waals surface area (Å²) >= 11 is 0. The second-order valence-electron chi connectivity index (χ2n) is 5.30. The molecule has 0 fully saturated rings. The Morgan fingerprint density at radius 1 is 1.12 bits per heavy atom. The van der Waals surface area contributed by atoms with Gasteiger partial charge in [0.25, 0.3) is 10.0 Å². The summed E-state index contributed by atoms with van der Waals surface area (Å²) in [5, 5.41) is -0.585. The Morgan fingerprint density at radius 2 is 1.75 bits per heavy atom. The number of aryl methyl sites for hydroxylation is 1. The van der Waals surface area contributed by atoms with Crippen LogP contribution in [-0.2, 0) is 10.0 Å². The molecule has 3 aromatic rings. The quantitative estimate of drug-likeness (QED) is 0.535. The summed E-state index contributed by atoms with van der Waals surface area (Å²) in [6.07, 6.45) is 1.13. The number of fused-ring (bicyclic) bond motifs is 1. The molecule has 0 saturated heterocycles. The first-order valence-electron chi connectivity index (χ1n) is 6.79. The van der Waals surface area contributed by atoms with Crippen LogP contribution in [0.2, 0.25) is 0 Å². The zero-order valence-electron chi connectivity index (χ0n) is 12.2. The Kier molecular flexibility index (Phi) is 3.67. The molecule has 0 N–H and O–H groups in total. The first-order valence-corrected chi connectivity index (χ1v) is 8.23. The highest BCUT2D eigenvalue weighted by atomic mass is 32.2. The van der Waals surface area contributed by atoms with E-state index in [0.29, 0.717) is 22.4 Å². The Hall–Kier alpha value is -2.36. The average Bonchev–Trinajstić information content (AvgIpc) is 2.87. The summed E-state index contributed by atoms with van der Waals surface area (Å²) in [6, 6.07) is 6.27. The van der Waals surface area contributed by atoms with Crippen molar-refractivity contribution in [1.29, 1.82) is 0 Å². The van der Waals surface area contributed by atoms with Crippen LogP contribution in [0, 0.1) is 12.7 Å². The number of rotatable bonds is 3. The SMILES string of the molecule is Cc1ccc(S(=O)(=O)n2cc([B-](F)(F)F)c3cc(F)cnc32)cc1. The van der Waals surface area contributed by atoms with E-state index in [1.165, 1.54) is 24.3 Å². The molecule has 0 aliphatic carbocycles. The smallest absolute Gasteiger partial charge is 0.445 e. The van der Waals surface area contributed by atoms with Gasteiger partial charge in [0.1, 0.15) is 5.82 Å². The number of pyridine rings is 1. The number of halogens is 4. The lowest BCUT2D eigenvalue weighted by molar-refractivity contribution is 0.501. The van der Waals surface area contributed by atoms with Gasteiger partial charge in [-0.15, -0.1) is 0 Å². The van der Waals surface area contributed by atoms with Gasteiger partial charge < -0.3 is 12.9 Å². The van der Waals surface area contributed by atoms with Crippen LogP contribution in [0.4, 0.5) is 17.3 Å². The van der Waals surface area contributed by atoms with Crippen LogP contribution in [0.15, 0.2) is 47.6 Å². The Morgan fingerprint density at radius 3 is 2.33 bits per heavy atom. The fourth-order valence-corrected chi connectivity index (χ4v) is 3.68. The van der Waals surface area contributed by atoms with Crippen molar-refractivity contribution in [2.45, 2.75) is 11.8 Å². The summed E-state index contributed by atoms with van der Waals surface area (Å²) in [5.41, 5.74) is -0.871. The summed E-state index contributed by atoms with van der Waals surface area (Å²) in [4.78, 5) is 3.36. The van der Waals surface area contributed by atoms with E-state index in [9.17, 15) is 25.8 Å². The second-order valence-corrected chi connectivity index (χ2v) is 7.11. The van der Waals surface area contributed by atoms with Crippen molar-refractivity contribution in [3.63, 3.8) is 0 Å². The average molecular weight is 357 g/mol. The molecule has 0 amide bonds. The summed E-state index contributed by atoms with van der Waals surface area (Å²) in [5.74, 6) is -0.978. The predicted octanol–water partition coefficient (Wildman–Crippen LogP) is 2.78. The minimum absolute atomic E-state index is 0.183. The monoisotopic (exact) mass is 357 g/mol. The van der Waals surface area contributed by atoms with E-state index >= 15 is 0 Å². The Balaban J connectivity index is 2.32. The van der Waals surface area contributed by atoms with Gasteiger partial charge in [0, 0.05) is 0 Å². The van der Waals surface area contributed by atoms with Crippen molar-refractivity contribution < 1.29 is 25.8 Å². The number of hydrogen-bond acceptors (Lipinski definition) is 3. The van der Waals surface area contributed by atoms with Crippen LogP contribution < -0.4 is 5.46 Å². The van der Waals surface area contributed by atoms with Crippen molar-refractivity contribution in [2.75, 3.05) is 0 Å². The minimum Gasteiger partial charge on any atom is -0.445 e. The topological polar surface area (TPSA) is 52.0 Å². The van der Waals surface area contributed by atoms with Crippen molar-refractivity contribution in [1.82, 2.24) is 8.96 Å². The van der Waals surface area contributed by atoms with Crippen LogP contribution in [0.1, 0.15) is 5.56 Å². The van der Waals surface area contributed by atoms with Crippen LogP contribution in [-0.4, -0.2) is 24.4 Å². The van der Waals surface area contributed by atoms with Crippen molar-refractivity contribution in [3.05, 3.63) is 54.1 Å². The third-order valence-corrected chi connectivity index (χ3v) is 5.20. The van der Waals surface area contributed by atoms with Crippen molar-refractivity contribution >= 4 is 33.5 Å². The van der Waals surface area contributed by atoms with Gasteiger partial charge in [-0.1, -0.05) is 23.2 Å². The van der Waals surface area contributed by atoms with Crippen LogP contribution >= 0.6 is 0 Å². The van der Waals surface area contributed by atoms with Gasteiger partial charge in [-0.3, -0.25) is 0 Å². The van der Waals surface area contributed by atoms with Crippen LogP contribution in [0.5, 0.6) is 0 Å². The third kappa shape index (κ3) is 2.66. The molecule has 0 bridgehead atoms. The van der Waals surface area contributed by atoms with E-state index in [4.69, 9.17) is 0 Å². The van der Waals surface area contributed by atoms with Gasteiger partial charge in [-0.25, -0.2) is 21.8 Å². The molecular weight excluding hydrogens is 347 g/mol. The number of aromatic nitrogens is 2. The number of nitrogens with zero attached hydrogens (tertiary/aromatic N) is 2. The standard InChI is InChI=1S/C14H10BF4N2O2S/c1-9-2-4-11(5-3-9)24(22,23)21-8-13(15(17,18)19)12-6-10(16)7-20-14(12)21/h2-8H,1H3/q-1. The van der Waals surface area contributed by atoms with Gasteiger partial charge in [0.15, 0.2) is 5.65 Å². The number of hydrogen-bond donors (Lipinski definition) is 0. The lowest BCUT2D eigenvalue weighted by Gasteiger charge is -2.12. The predicted molar refractivity (Wildman–Crippen MR) is 82.2 cm³/mol.